The van der Waals surface area contributed by atoms with Crippen LogP contribution in [0.15, 0.2) is 49.2 Å². The molecule has 0 saturated heterocycles. The van der Waals surface area contributed by atoms with Crippen LogP contribution in [0.4, 0.5) is 5.82 Å². The van der Waals surface area contributed by atoms with Crippen LogP contribution >= 0.6 is 0 Å². The fourth-order valence-corrected chi connectivity index (χ4v) is 2.53. The fourth-order valence-electron chi connectivity index (χ4n) is 2.53. The molecule has 2 aromatic heterocycles. The second-order valence-electron chi connectivity index (χ2n) is 5.94. The number of aromatic nitrogens is 4. The number of rotatable bonds is 5. The van der Waals surface area contributed by atoms with Crippen LogP contribution in [-0.2, 0) is 6.54 Å². The van der Waals surface area contributed by atoms with Crippen LogP contribution in [0.5, 0.6) is 0 Å². The van der Waals surface area contributed by atoms with Crippen molar-refractivity contribution in [3.05, 3.63) is 65.9 Å². The molecule has 0 atom stereocenters. The van der Waals surface area contributed by atoms with Gasteiger partial charge < -0.3 is 10.2 Å². The molecule has 0 fully saturated rings. The quantitative estimate of drug-likeness (QED) is 0.773. The van der Waals surface area contributed by atoms with Crippen molar-refractivity contribution in [2.24, 2.45) is 0 Å². The number of benzene rings is 1. The number of carbonyl (C=O) groups is 1. The van der Waals surface area contributed by atoms with Crippen LogP contribution in [0.3, 0.4) is 0 Å². The summed E-state index contributed by atoms with van der Waals surface area (Å²) in [7, 11) is 3.46. The van der Waals surface area contributed by atoms with E-state index in [0.717, 1.165) is 16.8 Å². The Morgan fingerprint density at radius 1 is 1.24 bits per heavy atom. The third-order valence-electron chi connectivity index (χ3n) is 3.81. The minimum absolute atomic E-state index is 0.0431. The first-order chi connectivity index (χ1) is 12.0. The largest absolute Gasteiger partial charge is 0.366 e. The van der Waals surface area contributed by atoms with Crippen LogP contribution in [0, 0.1) is 6.92 Å². The van der Waals surface area contributed by atoms with E-state index < -0.39 is 0 Å². The minimum atomic E-state index is -0.0431. The normalized spacial score (nSPS) is 10.5. The topological polar surface area (TPSA) is 75.9 Å². The van der Waals surface area contributed by atoms with Crippen LogP contribution < -0.4 is 5.32 Å². The van der Waals surface area contributed by atoms with Gasteiger partial charge in [0.05, 0.1) is 5.69 Å². The molecule has 1 aromatic carbocycles. The van der Waals surface area contributed by atoms with Gasteiger partial charge in [-0.2, -0.15) is 5.10 Å². The van der Waals surface area contributed by atoms with Gasteiger partial charge in [0.2, 0.25) is 0 Å². The van der Waals surface area contributed by atoms with Crippen molar-refractivity contribution in [3.8, 4) is 5.69 Å². The first-order valence-corrected chi connectivity index (χ1v) is 7.90. The summed E-state index contributed by atoms with van der Waals surface area (Å²) in [6.45, 7) is 2.65. The Morgan fingerprint density at radius 3 is 2.76 bits per heavy atom. The van der Waals surface area contributed by atoms with E-state index >= 15 is 0 Å². The Bertz CT molecular complexity index is 873. The van der Waals surface area contributed by atoms with E-state index in [2.05, 4.69) is 26.4 Å². The molecule has 0 aliphatic heterocycles. The molecule has 1 N–H and O–H groups in total. The van der Waals surface area contributed by atoms with Gasteiger partial charge in [0, 0.05) is 32.4 Å². The van der Waals surface area contributed by atoms with Gasteiger partial charge in [-0.15, -0.1) is 0 Å². The predicted octanol–water partition coefficient (Wildman–Crippen LogP) is 2.28. The van der Waals surface area contributed by atoms with Gasteiger partial charge in [-0.3, -0.25) is 4.79 Å². The summed E-state index contributed by atoms with van der Waals surface area (Å²) in [5, 5.41) is 7.41. The van der Waals surface area contributed by atoms with Crippen molar-refractivity contribution in [1.82, 2.24) is 24.6 Å². The van der Waals surface area contributed by atoms with E-state index in [4.69, 9.17) is 0 Å². The van der Waals surface area contributed by atoms with Crippen LogP contribution in [0.25, 0.3) is 5.69 Å². The molecule has 7 heteroatoms. The van der Waals surface area contributed by atoms with Crippen LogP contribution in [-0.4, -0.2) is 44.7 Å². The molecule has 0 radical (unpaired) electrons. The zero-order valence-corrected chi connectivity index (χ0v) is 14.5. The van der Waals surface area contributed by atoms with Gasteiger partial charge in [0.15, 0.2) is 0 Å². The summed E-state index contributed by atoms with van der Waals surface area (Å²) >= 11 is 0. The van der Waals surface area contributed by atoms with Crippen LogP contribution in [0.1, 0.15) is 21.5 Å². The summed E-state index contributed by atoms with van der Waals surface area (Å²) in [6, 6.07) is 9.62. The third-order valence-corrected chi connectivity index (χ3v) is 3.81. The lowest BCUT2D eigenvalue weighted by atomic mass is 10.1. The summed E-state index contributed by atoms with van der Waals surface area (Å²) in [5.41, 5.74) is 3.83. The number of nitrogens with one attached hydrogen (secondary N) is 1. The summed E-state index contributed by atoms with van der Waals surface area (Å²) < 4.78 is 1.74. The molecule has 25 heavy (non-hydrogen) atoms. The molecule has 0 saturated carbocycles. The molecule has 2 heterocycles. The average molecular weight is 336 g/mol. The number of hydrogen-bond donors (Lipinski definition) is 1. The smallest absolute Gasteiger partial charge is 0.253 e. The Morgan fingerprint density at radius 2 is 2.08 bits per heavy atom. The lowest BCUT2D eigenvalue weighted by Gasteiger charge is -2.12. The van der Waals surface area contributed by atoms with E-state index in [1.807, 2.05) is 19.1 Å². The Hall–Kier alpha value is -3.22. The maximum atomic E-state index is 12.0. The Kier molecular flexibility index (Phi) is 4.74. The molecule has 0 spiro atoms. The first-order valence-electron chi connectivity index (χ1n) is 7.90. The average Bonchev–Trinajstić information content (AvgIpc) is 3.14. The fraction of sp³-hybridized carbons (Fsp3) is 0.222. The van der Waals surface area contributed by atoms with Crippen molar-refractivity contribution in [2.45, 2.75) is 13.5 Å². The van der Waals surface area contributed by atoms with Crippen molar-refractivity contribution < 1.29 is 4.79 Å². The number of nitrogens with zero attached hydrogens (tertiary/aromatic N) is 5. The maximum absolute atomic E-state index is 12.0. The Balaban J connectivity index is 1.71. The molecule has 0 aliphatic rings. The molecule has 3 aromatic rings. The molecule has 7 nitrogen and oxygen atoms in total. The van der Waals surface area contributed by atoms with E-state index in [0.29, 0.717) is 17.9 Å². The number of anilines is 1. The molecular formula is C18H20N6O. The number of hydrogen-bond acceptors (Lipinski definition) is 5. The van der Waals surface area contributed by atoms with Gasteiger partial charge in [-0.05, 0) is 36.2 Å². The monoisotopic (exact) mass is 336 g/mol. The highest BCUT2D eigenvalue weighted by Gasteiger charge is 2.09. The van der Waals surface area contributed by atoms with Gasteiger partial charge in [0.1, 0.15) is 18.5 Å². The van der Waals surface area contributed by atoms with Gasteiger partial charge in [-0.25, -0.2) is 14.6 Å². The van der Waals surface area contributed by atoms with Crippen LogP contribution in [0.2, 0.25) is 0 Å². The number of aryl methyl sites for hydroxylation is 1. The Labute approximate surface area is 146 Å². The van der Waals surface area contributed by atoms with Crippen molar-refractivity contribution in [1.29, 1.82) is 0 Å². The number of pyridine rings is 1. The SMILES string of the molecule is Cc1cc(CNc2cc(C(=O)N(C)C)ccn2)ccc1-n1cncn1. The highest BCUT2D eigenvalue weighted by molar-refractivity contribution is 5.94. The lowest BCUT2D eigenvalue weighted by molar-refractivity contribution is 0.0827. The van der Waals surface area contributed by atoms with Gasteiger partial charge in [-0.1, -0.05) is 12.1 Å². The van der Waals surface area contributed by atoms with Gasteiger partial charge in [0.25, 0.3) is 5.91 Å². The molecular weight excluding hydrogens is 316 g/mol. The lowest BCUT2D eigenvalue weighted by Crippen LogP contribution is -2.21. The van der Waals surface area contributed by atoms with E-state index in [1.54, 1.807) is 48.3 Å². The third kappa shape index (κ3) is 3.82. The number of carbonyl (C=O) groups excluding carboxylic acids is 1. The molecule has 1 amide bonds. The van der Waals surface area contributed by atoms with Crippen molar-refractivity contribution in [3.63, 3.8) is 0 Å². The summed E-state index contributed by atoms with van der Waals surface area (Å²) in [5.74, 6) is 0.629. The van der Waals surface area contributed by atoms with Crippen molar-refractivity contribution in [2.75, 3.05) is 19.4 Å². The van der Waals surface area contributed by atoms with Crippen molar-refractivity contribution >= 4 is 11.7 Å². The second-order valence-corrected chi connectivity index (χ2v) is 5.94. The molecule has 0 unspecified atom stereocenters. The molecule has 0 aliphatic carbocycles. The standard InChI is InChI=1S/C18H20N6O/c1-13-8-14(4-5-16(13)24-12-19-11-22-24)10-21-17-9-15(6-7-20-17)18(25)23(2)3/h4-9,11-12H,10H2,1-3H3,(H,20,21). The van der Waals surface area contributed by atoms with E-state index in [9.17, 15) is 4.79 Å². The van der Waals surface area contributed by atoms with E-state index in [1.165, 1.54) is 6.33 Å². The van der Waals surface area contributed by atoms with E-state index in [-0.39, 0.29) is 5.91 Å². The molecule has 3 rings (SSSR count). The zero-order chi connectivity index (χ0) is 17.8. The molecule has 128 valence electrons. The highest BCUT2D eigenvalue weighted by atomic mass is 16.2. The maximum Gasteiger partial charge on any atom is 0.253 e. The summed E-state index contributed by atoms with van der Waals surface area (Å²) in [4.78, 5) is 21.8. The predicted molar refractivity (Wildman–Crippen MR) is 95.7 cm³/mol. The zero-order valence-electron chi connectivity index (χ0n) is 14.5. The first kappa shape index (κ1) is 16.6. The summed E-state index contributed by atoms with van der Waals surface area (Å²) in [6.07, 6.45) is 4.83. The minimum Gasteiger partial charge on any atom is -0.366 e. The number of amides is 1. The van der Waals surface area contributed by atoms with Gasteiger partial charge >= 0.3 is 0 Å². The highest BCUT2D eigenvalue weighted by Crippen LogP contribution is 2.16. The molecule has 0 bridgehead atoms. The second kappa shape index (κ2) is 7.12.